The molecule has 1 nitrogen and oxygen atoms in total. The molecule has 0 spiro atoms. The second-order valence-corrected chi connectivity index (χ2v) is 2.21. The Morgan fingerprint density at radius 3 is 2.90 bits per heavy atom. The third kappa shape index (κ3) is 1.44. The predicted molar refractivity (Wildman–Crippen MR) is 43.7 cm³/mol. The first-order valence-electron chi connectivity index (χ1n) is 3.39. The van der Waals surface area contributed by atoms with E-state index in [1.165, 1.54) is 5.56 Å². The predicted octanol–water partition coefficient (Wildman–Crippen LogP) is 2.42. The summed E-state index contributed by atoms with van der Waals surface area (Å²) in [6.07, 6.45) is 5.81. The van der Waals surface area contributed by atoms with Crippen molar-refractivity contribution in [2.45, 2.75) is 13.8 Å². The smallest absolute Gasteiger partial charge is 0.0655 e. The molecule has 0 radical (unpaired) electrons. The van der Waals surface area contributed by atoms with Gasteiger partial charge >= 0.3 is 0 Å². The van der Waals surface area contributed by atoms with Crippen molar-refractivity contribution in [3.63, 3.8) is 0 Å². The van der Waals surface area contributed by atoms with Gasteiger partial charge < -0.3 is 0 Å². The Morgan fingerprint density at radius 2 is 2.30 bits per heavy atom. The first-order chi connectivity index (χ1) is 4.84. The van der Waals surface area contributed by atoms with Crippen LogP contribution in [0.5, 0.6) is 0 Å². The number of hydrogen-bond acceptors (Lipinski definition) is 1. The fraction of sp³-hybridized carbons (Fsp3) is 0.222. The van der Waals surface area contributed by atoms with Crippen LogP contribution in [0.25, 0.3) is 6.08 Å². The van der Waals surface area contributed by atoms with Gasteiger partial charge in [-0.25, -0.2) is 0 Å². The molecule has 52 valence electrons. The van der Waals surface area contributed by atoms with E-state index < -0.39 is 0 Å². The molecule has 0 atom stereocenters. The van der Waals surface area contributed by atoms with Crippen LogP contribution >= 0.6 is 0 Å². The third-order valence-electron chi connectivity index (χ3n) is 1.37. The van der Waals surface area contributed by atoms with Gasteiger partial charge in [-0.05, 0) is 31.6 Å². The molecular formula is C9H11N. The van der Waals surface area contributed by atoms with Crippen molar-refractivity contribution in [3.05, 3.63) is 35.7 Å². The molecule has 1 aromatic rings. The average Bonchev–Trinajstić information content (AvgIpc) is 1.94. The van der Waals surface area contributed by atoms with Crippen LogP contribution in [0.15, 0.2) is 24.4 Å². The highest BCUT2D eigenvalue weighted by atomic mass is 14.7. The van der Waals surface area contributed by atoms with E-state index in [0.717, 1.165) is 5.69 Å². The quantitative estimate of drug-likeness (QED) is 0.573. The molecule has 0 saturated heterocycles. The lowest BCUT2D eigenvalue weighted by atomic mass is 10.2. The molecule has 0 aliphatic heterocycles. The van der Waals surface area contributed by atoms with Crippen molar-refractivity contribution in [2.75, 3.05) is 0 Å². The molecule has 0 aliphatic carbocycles. The molecule has 0 fully saturated rings. The molecule has 1 aromatic heterocycles. The van der Waals surface area contributed by atoms with Gasteiger partial charge in [0.1, 0.15) is 0 Å². The lowest BCUT2D eigenvalue weighted by molar-refractivity contribution is 1.24. The van der Waals surface area contributed by atoms with Gasteiger partial charge in [0.05, 0.1) is 5.69 Å². The Kier molecular flexibility index (Phi) is 2.21. The Balaban J connectivity index is 3.03. The average molecular weight is 133 g/mol. The number of hydrogen-bond donors (Lipinski definition) is 0. The summed E-state index contributed by atoms with van der Waals surface area (Å²) < 4.78 is 0. The molecule has 10 heavy (non-hydrogen) atoms. The van der Waals surface area contributed by atoms with Crippen LogP contribution in [0.1, 0.15) is 18.2 Å². The van der Waals surface area contributed by atoms with Crippen molar-refractivity contribution in [3.8, 4) is 0 Å². The molecule has 1 heteroatoms. The Bertz CT molecular complexity index is 238. The summed E-state index contributed by atoms with van der Waals surface area (Å²) >= 11 is 0. The molecule has 0 unspecified atom stereocenters. The maximum Gasteiger partial charge on any atom is 0.0655 e. The van der Waals surface area contributed by atoms with Crippen molar-refractivity contribution >= 4 is 6.08 Å². The van der Waals surface area contributed by atoms with E-state index in [0.29, 0.717) is 0 Å². The second-order valence-electron chi connectivity index (χ2n) is 2.21. The lowest BCUT2D eigenvalue weighted by Gasteiger charge is -1.95. The molecule has 0 bridgehead atoms. The summed E-state index contributed by atoms with van der Waals surface area (Å²) in [6, 6.07) is 4.00. The van der Waals surface area contributed by atoms with Gasteiger partial charge in [0.25, 0.3) is 0 Å². The van der Waals surface area contributed by atoms with Crippen LogP contribution in [-0.2, 0) is 0 Å². The summed E-state index contributed by atoms with van der Waals surface area (Å²) in [4.78, 5) is 4.18. The first-order valence-corrected chi connectivity index (χ1v) is 3.39. The van der Waals surface area contributed by atoms with Gasteiger partial charge in [0.2, 0.25) is 0 Å². The van der Waals surface area contributed by atoms with Gasteiger partial charge in [-0.1, -0.05) is 12.1 Å². The van der Waals surface area contributed by atoms with Crippen molar-refractivity contribution in [1.29, 1.82) is 0 Å². The molecule has 1 heterocycles. The number of nitrogens with zero attached hydrogens (tertiary/aromatic N) is 1. The summed E-state index contributed by atoms with van der Waals surface area (Å²) in [6.45, 7) is 4.05. The maximum absolute atomic E-state index is 4.18. The molecule has 0 amide bonds. The lowest BCUT2D eigenvalue weighted by Crippen LogP contribution is -1.82. The van der Waals surface area contributed by atoms with Crippen molar-refractivity contribution in [1.82, 2.24) is 4.98 Å². The van der Waals surface area contributed by atoms with E-state index >= 15 is 0 Å². The van der Waals surface area contributed by atoms with E-state index in [1.54, 1.807) is 0 Å². The Morgan fingerprint density at radius 1 is 1.50 bits per heavy atom. The molecule has 0 N–H and O–H groups in total. The van der Waals surface area contributed by atoms with Crippen LogP contribution in [0.2, 0.25) is 0 Å². The minimum atomic E-state index is 1.06. The van der Waals surface area contributed by atoms with Crippen LogP contribution in [-0.4, -0.2) is 4.98 Å². The minimum absolute atomic E-state index is 1.06. The van der Waals surface area contributed by atoms with Crippen molar-refractivity contribution < 1.29 is 0 Å². The van der Waals surface area contributed by atoms with Gasteiger partial charge in [0.15, 0.2) is 0 Å². The number of pyridine rings is 1. The Labute approximate surface area is 61.4 Å². The number of aryl methyl sites for hydroxylation is 1. The van der Waals surface area contributed by atoms with Gasteiger partial charge in [0, 0.05) is 6.20 Å². The summed E-state index contributed by atoms with van der Waals surface area (Å²) in [5, 5.41) is 0. The van der Waals surface area contributed by atoms with Crippen LogP contribution in [0.4, 0.5) is 0 Å². The third-order valence-corrected chi connectivity index (χ3v) is 1.37. The monoisotopic (exact) mass is 133 g/mol. The largest absolute Gasteiger partial charge is 0.257 e. The van der Waals surface area contributed by atoms with E-state index in [9.17, 15) is 0 Å². The fourth-order valence-corrected chi connectivity index (χ4v) is 0.830. The van der Waals surface area contributed by atoms with Gasteiger partial charge in [-0.15, -0.1) is 0 Å². The standard InChI is InChI=1S/C9H11N/c1-3-5-9-8(2)6-4-7-10-9/h3-7H,1-2H3/b5-3-. The number of rotatable bonds is 1. The fourth-order valence-electron chi connectivity index (χ4n) is 0.830. The van der Waals surface area contributed by atoms with Crippen molar-refractivity contribution in [2.24, 2.45) is 0 Å². The first kappa shape index (κ1) is 7.00. The Hall–Kier alpha value is -1.11. The maximum atomic E-state index is 4.18. The SMILES string of the molecule is C/C=C\c1ncccc1C. The zero-order chi connectivity index (χ0) is 7.40. The molecule has 0 aliphatic rings. The van der Waals surface area contributed by atoms with E-state index in [-0.39, 0.29) is 0 Å². The molecule has 1 rings (SSSR count). The summed E-state index contributed by atoms with van der Waals surface area (Å²) in [5.41, 5.74) is 2.28. The van der Waals surface area contributed by atoms with E-state index in [4.69, 9.17) is 0 Å². The van der Waals surface area contributed by atoms with E-state index in [2.05, 4.69) is 18.0 Å². The van der Waals surface area contributed by atoms with Crippen LogP contribution < -0.4 is 0 Å². The highest BCUT2D eigenvalue weighted by Crippen LogP contribution is 2.03. The highest BCUT2D eigenvalue weighted by Gasteiger charge is 1.89. The van der Waals surface area contributed by atoms with E-state index in [1.807, 2.05) is 31.3 Å². The molecule has 0 saturated carbocycles. The molecular weight excluding hydrogens is 122 g/mol. The summed E-state index contributed by atoms with van der Waals surface area (Å²) in [7, 11) is 0. The number of allylic oxidation sites excluding steroid dienone is 1. The molecule has 0 aromatic carbocycles. The number of aromatic nitrogens is 1. The normalized spacial score (nSPS) is 10.6. The second kappa shape index (κ2) is 3.16. The summed E-state index contributed by atoms with van der Waals surface area (Å²) in [5.74, 6) is 0. The van der Waals surface area contributed by atoms with Crippen LogP contribution in [0.3, 0.4) is 0 Å². The van der Waals surface area contributed by atoms with Crippen LogP contribution in [0, 0.1) is 6.92 Å². The van der Waals surface area contributed by atoms with Gasteiger partial charge in [-0.2, -0.15) is 0 Å². The zero-order valence-electron chi connectivity index (χ0n) is 6.33. The van der Waals surface area contributed by atoms with Gasteiger partial charge in [-0.3, -0.25) is 4.98 Å². The zero-order valence-corrected chi connectivity index (χ0v) is 6.33. The highest BCUT2D eigenvalue weighted by molar-refractivity contribution is 5.47. The topological polar surface area (TPSA) is 12.9 Å². The minimum Gasteiger partial charge on any atom is -0.257 e.